The van der Waals surface area contributed by atoms with Gasteiger partial charge in [-0.2, -0.15) is 0 Å². The summed E-state index contributed by atoms with van der Waals surface area (Å²) in [6.07, 6.45) is 0. The highest BCUT2D eigenvalue weighted by Crippen LogP contribution is 2.19. The molecule has 0 N–H and O–H groups in total. The lowest BCUT2D eigenvalue weighted by atomic mass is 10.0. The lowest BCUT2D eigenvalue weighted by Crippen LogP contribution is -2.11. The van der Waals surface area contributed by atoms with E-state index in [1.54, 1.807) is 35.2 Å². The van der Waals surface area contributed by atoms with E-state index < -0.39 is 5.82 Å². The summed E-state index contributed by atoms with van der Waals surface area (Å²) in [5.41, 5.74) is 1.60. The smallest absolute Gasteiger partial charge is 0.193 e. The van der Waals surface area contributed by atoms with Crippen LogP contribution in [0.15, 0.2) is 48.5 Å². The number of nitrogens with zero attached hydrogens (tertiary/aromatic N) is 1. The predicted molar refractivity (Wildman–Crippen MR) is 70.6 cm³/mol. The zero-order chi connectivity index (χ0) is 13.1. The molecule has 2 aromatic rings. The Morgan fingerprint density at radius 1 is 1.00 bits per heavy atom. The van der Waals surface area contributed by atoms with E-state index in [0.717, 1.165) is 0 Å². The van der Waals surface area contributed by atoms with Crippen molar-refractivity contribution in [2.24, 2.45) is 0 Å². The average Bonchev–Trinajstić information content (AvgIpc) is 2.38. The molecular formula is C15H14FNO. The molecule has 0 saturated carbocycles. The second kappa shape index (κ2) is 5.00. The van der Waals surface area contributed by atoms with Crippen LogP contribution in [0, 0.1) is 5.82 Å². The van der Waals surface area contributed by atoms with Crippen LogP contribution in [0.1, 0.15) is 15.9 Å². The largest absolute Gasteiger partial charge is 0.378 e. The van der Waals surface area contributed by atoms with Crippen LogP contribution in [-0.4, -0.2) is 19.9 Å². The van der Waals surface area contributed by atoms with E-state index in [9.17, 15) is 9.18 Å². The van der Waals surface area contributed by atoms with Crippen molar-refractivity contribution in [2.45, 2.75) is 0 Å². The minimum atomic E-state index is -0.402. The third kappa shape index (κ3) is 2.56. The highest BCUT2D eigenvalue weighted by molar-refractivity contribution is 6.09. The second-order valence-electron chi connectivity index (χ2n) is 4.29. The van der Waals surface area contributed by atoms with Gasteiger partial charge < -0.3 is 4.90 Å². The minimum Gasteiger partial charge on any atom is -0.378 e. The minimum absolute atomic E-state index is 0.168. The molecular weight excluding hydrogens is 229 g/mol. The van der Waals surface area contributed by atoms with Crippen molar-refractivity contribution in [3.8, 4) is 0 Å². The van der Waals surface area contributed by atoms with Gasteiger partial charge in [-0.05, 0) is 18.2 Å². The maximum Gasteiger partial charge on any atom is 0.193 e. The zero-order valence-corrected chi connectivity index (χ0v) is 10.4. The van der Waals surface area contributed by atoms with E-state index in [1.807, 2.05) is 20.2 Å². The number of rotatable bonds is 3. The van der Waals surface area contributed by atoms with Crippen molar-refractivity contribution in [3.05, 3.63) is 65.5 Å². The van der Waals surface area contributed by atoms with Gasteiger partial charge in [-0.15, -0.1) is 0 Å². The summed E-state index contributed by atoms with van der Waals surface area (Å²) in [7, 11) is 3.62. The summed E-state index contributed by atoms with van der Waals surface area (Å²) in [6, 6.07) is 13.2. The monoisotopic (exact) mass is 243 g/mol. The normalized spacial score (nSPS) is 10.2. The fourth-order valence-electron chi connectivity index (χ4n) is 1.72. The van der Waals surface area contributed by atoms with Gasteiger partial charge in [0.2, 0.25) is 0 Å². The van der Waals surface area contributed by atoms with Gasteiger partial charge in [0.05, 0.1) is 0 Å². The fraction of sp³-hybridized carbons (Fsp3) is 0.133. The van der Waals surface area contributed by atoms with Crippen LogP contribution in [0.25, 0.3) is 0 Å². The summed E-state index contributed by atoms with van der Waals surface area (Å²) in [6.45, 7) is 0. The number of hydrogen-bond donors (Lipinski definition) is 0. The first-order valence-electron chi connectivity index (χ1n) is 5.65. The fourth-order valence-corrected chi connectivity index (χ4v) is 1.72. The van der Waals surface area contributed by atoms with E-state index in [1.165, 1.54) is 12.1 Å². The van der Waals surface area contributed by atoms with Crippen molar-refractivity contribution in [1.82, 2.24) is 0 Å². The standard InChI is InChI=1S/C15H14FNO/c1-17(2)14-9-12(8-13(16)10-14)15(18)11-6-4-3-5-7-11/h3-10H,1-2H3. The predicted octanol–water partition coefficient (Wildman–Crippen LogP) is 3.12. The first-order chi connectivity index (χ1) is 8.58. The van der Waals surface area contributed by atoms with Crippen LogP contribution in [-0.2, 0) is 0 Å². The molecule has 0 fully saturated rings. The second-order valence-corrected chi connectivity index (χ2v) is 4.29. The van der Waals surface area contributed by atoms with Crippen LogP contribution >= 0.6 is 0 Å². The molecule has 0 heterocycles. The van der Waals surface area contributed by atoms with Crippen molar-refractivity contribution >= 4 is 11.5 Å². The number of ketones is 1. The molecule has 0 aliphatic rings. The van der Waals surface area contributed by atoms with Crippen LogP contribution in [0.4, 0.5) is 10.1 Å². The molecule has 0 aliphatic carbocycles. The Morgan fingerprint density at radius 2 is 1.67 bits per heavy atom. The molecule has 3 heteroatoms. The molecule has 0 saturated heterocycles. The average molecular weight is 243 g/mol. The third-order valence-corrected chi connectivity index (χ3v) is 2.70. The van der Waals surface area contributed by atoms with Crippen LogP contribution in [0.3, 0.4) is 0 Å². The number of anilines is 1. The molecule has 0 aromatic heterocycles. The number of carbonyl (C=O) groups excluding carboxylic acids is 1. The van der Waals surface area contributed by atoms with E-state index in [0.29, 0.717) is 16.8 Å². The van der Waals surface area contributed by atoms with Crippen molar-refractivity contribution in [2.75, 3.05) is 19.0 Å². The summed E-state index contributed by atoms with van der Waals surface area (Å²) in [5, 5.41) is 0. The van der Waals surface area contributed by atoms with E-state index in [-0.39, 0.29) is 5.78 Å². The van der Waals surface area contributed by atoms with Crippen LogP contribution in [0.2, 0.25) is 0 Å². The highest BCUT2D eigenvalue weighted by Gasteiger charge is 2.11. The van der Waals surface area contributed by atoms with E-state index >= 15 is 0 Å². The molecule has 2 aromatic carbocycles. The topological polar surface area (TPSA) is 20.3 Å². The molecule has 2 rings (SSSR count). The number of halogens is 1. The first-order valence-corrected chi connectivity index (χ1v) is 5.65. The van der Waals surface area contributed by atoms with Gasteiger partial charge in [-0.3, -0.25) is 4.79 Å². The highest BCUT2D eigenvalue weighted by atomic mass is 19.1. The number of hydrogen-bond acceptors (Lipinski definition) is 2. The SMILES string of the molecule is CN(C)c1cc(F)cc(C(=O)c2ccccc2)c1. The summed E-state index contributed by atoms with van der Waals surface area (Å²) in [4.78, 5) is 14.0. The van der Waals surface area contributed by atoms with Crippen molar-refractivity contribution < 1.29 is 9.18 Å². The van der Waals surface area contributed by atoms with Crippen molar-refractivity contribution in [3.63, 3.8) is 0 Å². The molecule has 0 bridgehead atoms. The zero-order valence-electron chi connectivity index (χ0n) is 10.4. The number of benzene rings is 2. The molecule has 0 atom stereocenters. The Balaban J connectivity index is 2.42. The lowest BCUT2D eigenvalue weighted by molar-refractivity contribution is 0.103. The van der Waals surface area contributed by atoms with Gasteiger partial charge in [0.15, 0.2) is 5.78 Å². The van der Waals surface area contributed by atoms with E-state index in [2.05, 4.69) is 0 Å². The maximum atomic E-state index is 13.5. The van der Waals surface area contributed by atoms with Gasteiger partial charge in [-0.25, -0.2) is 4.39 Å². The van der Waals surface area contributed by atoms with Gasteiger partial charge in [0.25, 0.3) is 0 Å². The van der Waals surface area contributed by atoms with Gasteiger partial charge >= 0.3 is 0 Å². The Morgan fingerprint density at radius 3 is 2.28 bits per heavy atom. The molecule has 18 heavy (non-hydrogen) atoms. The Labute approximate surface area is 106 Å². The molecule has 0 radical (unpaired) electrons. The molecule has 92 valence electrons. The molecule has 0 aliphatic heterocycles. The maximum absolute atomic E-state index is 13.5. The molecule has 0 amide bonds. The number of carbonyl (C=O) groups is 1. The summed E-state index contributed by atoms with van der Waals surface area (Å²) in [5.74, 6) is -0.571. The van der Waals surface area contributed by atoms with E-state index in [4.69, 9.17) is 0 Å². The Hall–Kier alpha value is -2.16. The van der Waals surface area contributed by atoms with Gasteiger partial charge in [0.1, 0.15) is 5.82 Å². The lowest BCUT2D eigenvalue weighted by Gasteiger charge is -2.13. The molecule has 0 spiro atoms. The van der Waals surface area contributed by atoms with Gasteiger partial charge in [-0.1, -0.05) is 30.3 Å². The van der Waals surface area contributed by atoms with Crippen LogP contribution in [0.5, 0.6) is 0 Å². The van der Waals surface area contributed by atoms with Gasteiger partial charge in [0, 0.05) is 30.9 Å². The molecule has 2 nitrogen and oxygen atoms in total. The summed E-state index contributed by atoms with van der Waals surface area (Å²) < 4.78 is 13.5. The molecule has 0 unspecified atom stereocenters. The van der Waals surface area contributed by atoms with Crippen LogP contribution < -0.4 is 4.90 Å². The Kier molecular flexibility index (Phi) is 3.42. The Bertz CT molecular complexity index is 564. The third-order valence-electron chi connectivity index (χ3n) is 2.70. The summed E-state index contributed by atoms with van der Waals surface area (Å²) >= 11 is 0. The first kappa shape index (κ1) is 12.3. The quantitative estimate of drug-likeness (QED) is 0.772. The van der Waals surface area contributed by atoms with Crippen molar-refractivity contribution in [1.29, 1.82) is 0 Å².